The second kappa shape index (κ2) is 13.3. The summed E-state index contributed by atoms with van der Waals surface area (Å²) in [6.07, 6.45) is 0. The number of benzene rings is 10. The molecule has 0 amide bonds. The Balaban J connectivity index is 1.10. The summed E-state index contributed by atoms with van der Waals surface area (Å²) in [5, 5.41) is 8.35. The smallest absolute Gasteiger partial charge is 0.0623 e. The molecule has 0 bridgehead atoms. The molecule has 0 N–H and O–H groups in total. The van der Waals surface area contributed by atoms with Crippen molar-refractivity contribution < 1.29 is 0 Å². The topological polar surface area (TPSA) is 0 Å². The molecular formula is C67H54Si. The average molecular weight is 887 g/mol. The van der Waals surface area contributed by atoms with Crippen LogP contribution in [0.3, 0.4) is 0 Å². The van der Waals surface area contributed by atoms with Crippen LogP contribution in [0.25, 0.3) is 99.4 Å². The van der Waals surface area contributed by atoms with E-state index in [1.807, 2.05) is 0 Å². The summed E-state index contributed by atoms with van der Waals surface area (Å²) in [5.74, 6) is 0. The molecule has 326 valence electrons. The molecule has 1 heterocycles. The van der Waals surface area contributed by atoms with Crippen LogP contribution in [0.2, 0.25) is 13.1 Å². The first kappa shape index (κ1) is 40.0. The number of hydrogen-bond acceptors (Lipinski definition) is 0. The molecule has 3 aliphatic carbocycles. The SMILES string of the molecule is CC1(C)c2ccccc2-c2ccc(-c3ccc4c(-c5ccc6c(c5)C(C)(C)c5ccccc5-6)c5cc6c(cc5c(-c5ccc7c(c5)C(C)(C)c5ccccc5-7)c4c3)[Si](C)(C)c3ccccc3-6)cc21. The normalized spacial score (nSPS) is 16.4. The van der Waals surface area contributed by atoms with E-state index in [1.54, 1.807) is 0 Å². The van der Waals surface area contributed by atoms with Crippen LogP contribution in [-0.2, 0) is 16.2 Å². The quantitative estimate of drug-likeness (QED) is 0.122. The Kier molecular flexibility index (Phi) is 7.85. The van der Waals surface area contributed by atoms with Crippen LogP contribution in [0.15, 0.2) is 182 Å². The summed E-state index contributed by atoms with van der Waals surface area (Å²) < 4.78 is 0. The lowest BCUT2D eigenvalue weighted by Crippen LogP contribution is -2.49. The zero-order valence-electron chi connectivity index (χ0n) is 40.3. The standard InChI is InChI=1S/C67H54Si/c1-65(2)55-21-13-9-17-43(55)46-29-25-40(34-58(46)65)39-26-32-50-52(33-39)64(42-28-31-48-45-19-11-15-23-57(45)67(5,6)60(48)36-42)54-38-62-51(49-20-12-16-24-61(49)68(62,7)8)37-53(54)63(50)41-27-30-47-44-18-10-14-22-56(44)66(3,4)59(47)35-41/h9-38H,1-8H3. The fraction of sp³-hybridized carbons (Fsp3) is 0.164. The van der Waals surface area contributed by atoms with E-state index in [9.17, 15) is 0 Å². The van der Waals surface area contributed by atoms with Gasteiger partial charge >= 0.3 is 0 Å². The van der Waals surface area contributed by atoms with Crippen molar-refractivity contribution in [1.29, 1.82) is 0 Å². The maximum Gasteiger partial charge on any atom is 0.113 e. The van der Waals surface area contributed by atoms with Crippen molar-refractivity contribution in [2.45, 2.75) is 70.9 Å². The van der Waals surface area contributed by atoms with Crippen molar-refractivity contribution in [2.24, 2.45) is 0 Å². The molecule has 68 heavy (non-hydrogen) atoms. The summed E-state index contributed by atoms with van der Waals surface area (Å²) in [6.45, 7) is 19.6. The van der Waals surface area contributed by atoms with Gasteiger partial charge in [-0.25, -0.2) is 0 Å². The molecule has 10 aromatic rings. The first-order valence-corrected chi connectivity index (χ1v) is 27.7. The summed E-state index contributed by atoms with van der Waals surface area (Å²) in [7, 11) is -2.05. The van der Waals surface area contributed by atoms with E-state index in [1.165, 1.54) is 143 Å². The summed E-state index contributed by atoms with van der Waals surface area (Å²) >= 11 is 0. The first-order valence-electron chi connectivity index (χ1n) is 24.7. The van der Waals surface area contributed by atoms with Gasteiger partial charge < -0.3 is 0 Å². The van der Waals surface area contributed by atoms with Crippen molar-refractivity contribution in [2.75, 3.05) is 0 Å². The monoisotopic (exact) mass is 886 g/mol. The van der Waals surface area contributed by atoms with Crippen molar-refractivity contribution in [3.8, 4) is 77.9 Å². The van der Waals surface area contributed by atoms with E-state index in [0.29, 0.717) is 0 Å². The minimum atomic E-state index is -2.05. The maximum absolute atomic E-state index is 2.66. The fourth-order valence-electron chi connectivity index (χ4n) is 13.8. The zero-order chi connectivity index (χ0) is 46.2. The molecule has 0 fully saturated rings. The van der Waals surface area contributed by atoms with Gasteiger partial charge in [0.1, 0.15) is 8.07 Å². The van der Waals surface area contributed by atoms with Gasteiger partial charge in [0, 0.05) is 16.2 Å². The predicted octanol–water partition coefficient (Wildman–Crippen LogP) is 16.7. The molecule has 0 nitrogen and oxygen atoms in total. The van der Waals surface area contributed by atoms with E-state index >= 15 is 0 Å². The third kappa shape index (κ3) is 5.10. The van der Waals surface area contributed by atoms with Crippen molar-refractivity contribution in [1.82, 2.24) is 0 Å². The largest absolute Gasteiger partial charge is 0.113 e. The van der Waals surface area contributed by atoms with Crippen LogP contribution < -0.4 is 10.4 Å². The van der Waals surface area contributed by atoms with Gasteiger partial charge in [-0.3, -0.25) is 0 Å². The Morgan fingerprint density at radius 2 is 0.632 bits per heavy atom. The van der Waals surface area contributed by atoms with Crippen LogP contribution in [0, 0.1) is 0 Å². The predicted molar refractivity (Wildman–Crippen MR) is 293 cm³/mol. The molecule has 4 aliphatic rings. The van der Waals surface area contributed by atoms with E-state index in [4.69, 9.17) is 0 Å². The average Bonchev–Trinajstić information content (AvgIpc) is 3.92. The first-order chi connectivity index (χ1) is 32.7. The van der Waals surface area contributed by atoms with Crippen molar-refractivity contribution in [3.63, 3.8) is 0 Å². The van der Waals surface area contributed by atoms with Gasteiger partial charge in [0.2, 0.25) is 0 Å². The minimum absolute atomic E-state index is 0.0855. The molecule has 0 saturated carbocycles. The van der Waals surface area contributed by atoms with Crippen LogP contribution in [0.5, 0.6) is 0 Å². The van der Waals surface area contributed by atoms with Crippen LogP contribution in [-0.4, -0.2) is 8.07 Å². The van der Waals surface area contributed by atoms with Gasteiger partial charge in [0.25, 0.3) is 0 Å². The molecule has 0 saturated heterocycles. The van der Waals surface area contributed by atoms with Gasteiger partial charge in [-0.2, -0.15) is 0 Å². The van der Waals surface area contributed by atoms with Crippen LogP contribution in [0.4, 0.5) is 0 Å². The summed E-state index contributed by atoms with van der Waals surface area (Å²) in [4.78, 5) is 0. The number of hydrogen-bond donors (Lipinski definition) is 0. The molecular weight excluding hydrogens is 833 g/mol. The Hall–Kier alpha value is -7.06. The van der Waals surface area contributed by atoms with Gasteiger partial charge in [-0.1, -0.05) is 206 Å². The van der Waals surface area contributed by atoms with E-state index < -0.39 is 8.07 Å². The molecule has 0 radical (unpaired) electrons. The minimum Gasteiger partial charge on any atom is -0.0623 e. The van der Waals surface area contributed by atoms with Gasteiger partial charge in [-0.15, -0.1) is 0 Å². The second-order valence-electron chi connectivity index (χ2n) is 22.4. The molecule has 0 aromatic heterocycles. The molecule has 1 aliphatic heterocycles. The molecule has 0 atom stereocenters. The summed E-state index contributed by atoms with van der Waals surface area (Å²) in [5.41, 5.74) is 26.8. The molecule has 0 unspecified atom stereocenters. The number of fused-ring (bicyclic) bond motifs is 14. The molecule has 1 heteroatoms. The highest BCUT2D eigenvalue weighted by molar-refractivity contribution is 7.04. The maximum atomic E-state index is 2.66. The Morgan fingerprint density at radius 3 is 1.16 bits per heavy atom. The molecule has 14 rings (SSSR count). The highest BCUT2D eigenvalue weighted by Gasteiger charge is 2.41. The fourth-order valence-corrected chi connectivity index (χ4v) is 16.9. The van der Waals surface area contributed by atoms with Crippen LogP contribution >= 0.6 is 0 Å². The molecule has 10 aromatic carbocycles. The van der Waals surface area contributed by atoms with Gasteiger partial charge in [-0.05, 0) is 174 Å². The highest BCUT2D eigenvalue weighted by atomic mass is 28.3. The second-order valence-corrected chi connectivity index (χ2v) is 26.7. The lowest BCUT2D eigenvalue weighted by atomic mass is 9.79. The summed E-state index contributed by atoms with van der Waals surface area (Å²) in [6, 6.07) is 71.1. The lowest BCUT2D eigenvalue weighted by molar-refractivity contribution is 0.660. The third-order valence-corrected chi connectivity index (χ3v) is 21.0. The zero-order valence-corrected chi connectivity index (χ0v) is 41.3. The van der Waals surface area contributed by atoms with Crippen LogP contribution in [0.1, 0.15) is 74.9 Å². The van der Waals surface area contributed by atoms with Gasteiger partial charge in [0.05, 0.1) is 0 Å². The molecule has 0 spiro atoms. The van der Waals surface area contributed by atoms with E-state index in [0.717, 1.165) is 0 Å². The van der Waals surface area contributed by atoms with E-state index in [-0.39, 0.29) is 16.2 Å². The highest BCUT2D eigenvalue weighted by Crippen LogP contribution is 2.55. The Morgan fingerprint density at radius 1 is 0.265 bits per heavy atom. The lowest BCUT2D eigenvalue weighted by Gasteiger charge is -2.25. The van der Waals surface area contributed by atoms with Crippen molar-refractivity contribution >= 4 is 40.0 Å². The van der Waals surface area contributed by atoms with E-state index in [2.05, 4.69) is 237 Å². The van der Waals surface area contributed by atoms with Crippen molar-refractivity contribution in [3.05, 3.63) is 215 Å². The Bertz CT molecular complexity index is 3910. The Labute approximate surface area is 402 Å². The number of rotatable bonds is 3. The third-order valence-electron chi connectivity index (χ3n) is 17.5. The van der Waals surface area contributed by atoms with Gasteiger partial charge in [0.15, 0.2) is 0 Å².